The normalized spacial score (nSPS) is 12.2. The maximum absolute atomic E-state index is 13.6. The lowest BCUT2D eigenvalue weighted by Crippen LogP contribution is -2.06. The van der Waals surface area contributed by atoms with Crippen molar-refractivity contribution in [1.29, 1.82) is 0 Å². The lowest BCUT2D eigenvalue weighted by atomic mass is 10.1. The number of hydrogen-bond donors (Lipinski definition) is 0. The topological polar surface area (TPSA) is 30.7 Å². The molecule has 0 N–H and O–H groups in total. The zero-order valence-electron chi connectivity index (χ0n) is 10.2. The minimum absolute atomic E-state index is 0.262. The van der Waals surface area contributed by atoms with Crippen molar-refractivity contribution in [3.8, 4) is 11.4 Å². The van der Waals surface area contributed by atoms with Crippen LogP contribution in [0.3, 0.4) is 0 Å². The number of hydrogen-bond acceptors (Lipinski definition) is 2. The van der Waals surface area contributed by atoms with Crippen LogP contribution in [0.25, 0.3) is 11.4 Å². The second-order valence-electron chi connectivity index (χ2n) is 4.30. The third-order valence-electron chi connectivity index (χ3n) is 2.55. The molecule has 0 aliphatic carbocycles. The molecule has 0 saturated heterocycles. The zero-order chi connectivity index (χ0) is 14.2. The SMILES string of the molecule is CC(C)n1cc(C(F)(F)F)c(-c2ncccc2F)n1. The van der Waals surface area contributed by atoms with Crippen molar-refractivity contribution in [2.45, 2.75) is 26.1 Å². The highest BCUT2D eigenvalue weighted by Crippen LogP contribution is 2.36. The molecule has 0 fully saturated rings. The van der Waals surface area contributed by atoms with Crippen molar-refractivity contribution in [1.82, 2.24) is 14.8 Å². The molecule has 2 aromatic rings. The van der Waals surface area contributed by atoms with Crippen LogP contribution in [0.2, 0.25) is 0 Å². The van der Waals surface area contributed by atoms with Gasteiger partial charge >= 0.3 is 6.18 Å². The number of pyridine rings is 1. The van der Waals surface area contributed by atoms with Crippen LogP contribution in [0, 0.1) is 5.82 Å². The van der Waals surface area contributed by atoms with Gasteiger partial charge in [-0.3, -0.25) is 9.67 Å². The van der Waals surface area contributed by atoms with E-state index in [2.05, 4.69) is 10.1 Å². The fourth-order valence-electron chi connectivity index (χ4n) is 1.60. The van der Waals surface area contributed by atoms with Crippen LogP contribution in [0.15, 0.2) is 24.5 Å². The molecule has 0 bridgehead atoms. The van der Waals surface area contributed by atoms with Crippen molar-refractivity contribution in [2.75, 3.05) is 0 Å². The Kier molecular flexibility index (Phi) is 3.30. The molecule has 102 valence electrons. The van der Waals surface area contributed by atoms with Crippen LogP contribution >= 0.6 is 0 Å². The van der Waals surface area contributed by atoms with Gasteiger partial charge in [-0.2, -0.15) is 18.3 Å². The Labute approximate surface area is 106 Å². The summed E-state index contributed by atoms with van der Waals surface area (Å²) in [6.45, 7) is 3.37. The van der Waals surface area contributed by atoms with E-state index in [1.807, 2.05) is 0 Å². The highest BCUT2D eigenvalue weighted by Gasteiger charge is 2.37. The van der Waals surface area contributed by atoms with Crippen LogP contribution in [-0.2, 0) is 6.18 Å². The Morgan fingerprint density at radius 2 is 1.89 bits per heavy atom. The average molecular weight is 273 g/mol. The fraction of sp³-hybridized carbons (Fsp3) is 0.333. The maximum atomic E-state index is 13.6. The van der Waals surface area contributed by atoms with Crippen molar-refractivity contribution < 1.29 is 17.6 Å². The lowest BCUT2D eigenvalue weighted by Gasteiger charge is -2.05. The predicted molar refractivity (Wildman–Crippen MR) is 60.8 cm³/mol. The Bertz CT molecular complexity index is 587. The molecule has 0 amide bonds. The van der Waals surface area contributed by atoms with E-state index in [1.165, 1.54) is 12.3 Å². The molecule has 0 radical (unpaired) electrons. The summed E-state index contributed by atoms with van der Waals surface area (Å²) in [7, 11) is 0. The van der Waals surface area contributed by atoms with Gasteiger partial charge in [0.25, 0.3) is 0 Å². The van der Waals surface area contributed by atoms with Gasteiger partial charge in [0, 0.05) is 18.4 Å². The summed E-state index contributed by atoms with van der Waals surface area (Å²) in [6.07, 6.45) is -2.51. The molecule has 2 aromatic heterocycles. The van der Waals surface area contributed by atoms with Gasteiger partial charge in [0.2, 0.25) is 0 Å². The van der Waals surface area contributed by atoms with Crippen molar-refractivity contribution in [2.24, 2.45) is 0 Å². The van der Waals surface area contributed by atoms with Crippen LogP contribution in [0.1, 0.15) is 25.5 Å². The van der Waals surface area contributed by atoms with E-state index < -0.39 is 28.9 Å². The summed E-state index contributed by atoms with van der Waals surface area (Å²) in [6, 6.07) is 2.10. The van der Waals surface area contributed by atoms with E-state index in [-0.39, 0.29) is 6.04 Å². The van der Waals surface area contributed by atoms with Gasteiger partial charge < -0.3 is 0 Å². The fourth-order valence-corrected chi connectivity index (χ4v) is 1.60. The molecule has 0 aliphatic heterocycles. The second kappa shape index (κ2) is 4.64. The number of halogens is 4. The number of alkyl halides is 3. The third-order valence-corrected chi connectivity index (χ3v) is 2.55. The monoisotopic (exact) mass is 273 g/mol. The Morgan fingerprint density at radius 3 is 2.42 bits per heavy atom. The van der Waals surface area contributed by atoms with Gasteiger partial charge in [0.05, 0.1) is 0 Å². The van der Waals surface area contributed by atoms with Gasteiger partial charge in [0.1, 0.15) is 17.0 Å². The molecule has 2 rings (SSSR count). The van der Waals surface area contributed by atoms with Gasteiger partial charge in [-0.05, 0) is 26.0 Å². The van der Waals surface area contributed by atoms with E-state index in [4.69, 9.17) is 0 Å². The molecular formula is C12H11F4N3. The van der Waals surface area contributed by atoms with Gasteiger partial charge in [0.15, 0.2) is 5.82 Å². The minimum atomic E-state index is -4.60. The molecule has 0 aliphatic rings. The van der Waals surface area contributed by atoms with Crippen LogP contribution in [0.5, 0.6) is 0 Å². The Balaban J connectivity index is 2.65. The van der Waals surface area contributed by atoms with E-state index in [1.54, 1.807) is 13.8 Å². The summed E-state index contributed by atoms with van der Waals surface area (Å²) in [5, 5.41) is 3.80. The van der Waals surface area contributed by atoms with Crippen molar-refractivity contribution >= 4 is 0 Å². The largest absolute Gasteiger partial charge is 0.420 e. The summed E-state index contributed by atoms with van der Waals surface area (Å²) in [5.41, 5.74) is -1.87. The minimum Gasteiger partial charge on any atom is -0.269 e. The summed E-state index contributed by atoms with van der Waals surface area (Å²) >= 11 is 0. The van der Waals surface area contributed by atoms with Crippen molar-refractivity contribution in [3.63, 3.8) is 0 Å². The highest BCUT2D eigenvalue weighted by atomic mass is 19.4. The maximum Gasteiger partial charge on any atom is 0.420 e. The van der Waals surface area contributed by atoms with E-state index in [0.29, 0.717) is 0 Å². The first kappa shape index (κ1) is 13.5. The number of aromatic nitrogens is 3. The molecule has 19 heavy (non-hydrogen) atoms. The molecule has 3 nitrogen and oxygen atoms in total. The van der Waals surface area contributed by atoms with Crippen LogP contribution in [-0.4, -0.2) is 14.8 Å². The predicted octanol–water partition coefficient (Wildman–Crippen LogP) is 3.68. The Hall–Kier alpha value is -1.92. The first-order valence-electron chi connectivity index (χ1n) is 5.58. The smallest absolute Gasteiger partial charge is 0.269 e. The first-order valence-corrected chi connectivity index (χ1v) is 5.58. The Morgan fingerprint density at radius 1 is 1.21 bits per heavy atom. The molecule has 2 heterocycles. The summed E-state index contributed by atoms with van der Waals surface area (Å²) in [4.78, 5) is 3.64. The van der Waals surface area contributed by atoms with Gasteiger partial charge in [-0.1, -0.05) is 0 Å². The van der Waals surface area contributed by atoms with E-state index >= 15 is 0 Å². The van der Waals surface area contributed by atoms with Crippen LogP contribution in [0.4, 0.5) is 17.6 Å². The number of rotatable bonds is 2. The van der Waals surface area contributed by atoms with Crippen LogP contribution < -0.4 is 0 Å². The molecule has 7 heteroatoms. The average Bonchev–Trinajstić information content (AvgIpc) is 2.74. The summed E-state index contributed by atoms with van der Waals surface area (Å²) < 4.78 is 53.5. The molecule has 0 aromatic carbocycles. The molecule has 0 spiro atoms. The van der Waals surface area contributed by atoms with Crippen molar-refractivity contribution in [3.05, 3.63) is 35.9 Å². The zero-order valence-corrected chi connectivity index (χ0v) is 10.2. The molecule has 0 unspecified atom stereocenters. The molecular weight excluding hydrogens is 262 g/mol. The van der Waals surface area contributed by atoms with Gasteiger partial charge in [-0.15, -0.1) is 0 Å². The van der Waals surface area contributed by atoms with Gasteiger partial charge in [-0.25, -0.2) is 4.39 Å². The molecule has 0 atom stereocenters. The third kappa shape index (κ3) is 2.59. The standard InChI is InChI=1S/C12H11F4N3/c1-7(2)19-6-8(12(14,15)16)10(18-19)11-9(13)4-3-5-17-11/h3-7H,1-2H3. The van der Waals surface area contributed by atoms with E-state index in [9.17, 15) is 17.6 Å². The number of nitrogens with zero attached hydrogens (tertiary/aromatic N) is 3. The second-order valence-corrected chi connectivity index (χ2v) is 4.30. The lowest BCUT2D eigenvalue weighted by molar-refractivity contribution is -0.137. The highest BCUT2D eigenvalue weighted by molar-refractivity contribution is 5.59. The quantitative estimate of drug-likeness (QED) is 0.781. The molecule has 0 saturated carbocycles. The summed E-state index contributed by atoms with van der Waals surface area (Å²) in [5.74, 6) is -0.831. The first-order chi connectivity index (χ1) is 8.80. The van der Waals surface area contributed by atoms with E-state index in [0.717, 1.165) is 16.9 Å².